The van der Waals surface area contributed by atoms with Crippen LogP contribution in [0, 0.1) is 0 Å². The van der Waals surface area contributed by atoms with Gasteiger partial charge in [0.15, 0.2) is 11.7 Å². The predicted molar refractivity (Wildman–Crippen MR) is 114 cm³/mol. The molecular weight excluding hydrogens is 467 g/mol. The number of nitrogens with one attached hydrogen (secondary N) is 2. The lowest BCUT2D eigenvalue weighted by atomic mass is 10.2. The molecule has 0 aliphatic heterocycles. The van der Waals surface area contributed by atoms with E-state index in [2.05, 4.69) is 20.8 Å². The second-order valence-corrected chi connectivity index (χ2v) is 8.20. The summed E-state index contributed by atoms with van der Waals surface area (Å²) >= 11 is 0. The van der Waals surface area contributed by atoms with Crippen molar-refractivity contribution < 1.29 is 12.9 Å². The van der Waals surface area contributed by atoms with Crippen molar-refractivity contribution in [3.63, 3.8) is 0 Å². The van der Waals surface area contributed by atoms with E-state index in [4.69, 9.17) is 4.52 Å². The number of hydrogen-bond donors (Lipinski definition) is 2. The summed E-state index contributed by atoms with van der Waals surface area (Å²) in [5, 5.41) is 10.4. The van der Waals surface area contributed by atoms with E-state index >= 15 is 0 Å². The number of hydrogen-bond acceptors (Lipinski definition) is 5. The highest BCUT2D eigenvalue weighted by Gasteiger charge is 2.11. The average Bonchev–Trinajstić information content (AvgIpc) is 3.06. The summed E-state index contributed by atoms with van der Waals surface area (Å²) in [6.07, 6.45) is 1.75. The normalized spacial score (nSPS) is 13.0. The smallest absolute Gasteiger partial charge is 0.191 e. The molecule has 2 rings (SSSR count). The van der Waals surface area contributed by atoms with Gasteiger partial charge in [-0.15, -0.1) is 24.0 Å². The predicted octanol–water partition coefficient (Wildman–Crippen LogP) is 2.45. The maximum absolute atomic E-state index is 11.2. The number of sulfone groups is 1. The highest BCUT2D eigenvalue weighted by molar-refractivity contribution is 14.0. The second kappa shape index (κ2) is 10.5. The van der Waals surface area contributed by atoms with Gasteiger partial charge in [0.25, 0.3) is 0 Å². The van der Waals surface area contributed by atoms with Crippen molar-refractivity contribution in [2.24, 2.45) is 4.99 Å². The monoisotopic (exact) mass is 492 g/mol. The second-order valence-electron chi connectivity index (χ2n) is 5.94. The quantitative estimate of drug-likeness (QED) is 0.350. The van der Waals surface area contributed by atoms with Gasteiger partial charge in [-0.3, -0.25) is 4.99 Å². The summed E-state index contributed by atoms with van der Waals surface area (Å²) in [6.45, 7) is 2.37. The Kier molecular flexibility index (Phi) is 9.06. The Morgan fingerprint density at radius 3 is 2.62 bits per heavy atom. The van der Waals surface area contributed by atoms with Crippen LogP contribution in [0.1, 0.15) is 19.0 Å². The highest BCUT2D eigenvalue weighted by Crippen LogP contribution is 2.19. The zero-order chi connectivity index (χ0) is 18.3. The van der Waals surface area contributed by atoms with E-state index in [1.54, 1.807) is 7.05 Å². The molecule has 1 aromatic carbocycles. The fraction of sp³-hybridized carbons (Fsp3) is 0.412. The molecule has 7 nitrogen and oxygen atoms in total. The van der Waals surface area contributed by atoms with Gasteiger partial charge in [-0.2, -0.15) is 0 Å². The van der Waals surface area contributed by atoms with Crippen molar-refractivity contribution in [3.05, 3.63) is 42.1 Å². The Labute approximate surface area is 171 Å². The SMILES string of the molecule is CN=C(NCc1cc(-c2ccccc2)on1)NC(C)CCS(C)(=O)=O.I. The zero-order valence-electron chi connectivity index (χ0n) is 15.1. The van der Waals surface area contributed by atoms with Gasteiger partial charge in [-0.1, -0.05) is 35.5 Å². The topological polar surface area (TPSA) is 96.6 Å². The van der Waals surface area contributed by atoms with Crippen molar-refractivity contribution in [1.29, 1.82) is 0 Å². The van der Waals surface area contributed by atoms with Crippen LogP contribution in [0.4, 0.5) is 0 Å². The van der Waals surface area contributed by atoms with Gasteiger partial charge in [-0.05, 0) is 13.3 Å². The van der Waals surface area contributed by atoms with E-state index in [-0.39, 0.29) is 35.8 Å². The Morgan fingerprint density at radius 2 is 2.00 bits per heavy atom. The molecule has 0 radical (unpaired) electrons. The molecule has 1 unspecified atom stereocenters. The maximum Gasteiger partial charge on any atom is 0.191 e. The van der Waals surface area contributed by atoms with E-state index in [1.807, 2.05) is 43.3 Å². The zero-order valence-corrected chi connectivity index (χ0v) is 18.2. The van der Waals surface area contributed by atoms with Crippen molar-refractivity contribution >= 4 is 39.8 Å². The van der Waals surface area contributed by atoms with Crippen LogP contribution in [0.2, 0.25) is 0 Å². The third-order valence-electron chi connectivity index (χ3n) is 3.58. The minimum atomic E-state index is -2.96. The number of nitrogens with zero attached hydrogens (tertiary/aromatic N) is 2. The summed E-state index contributed by atoms with van der Waals surface area (Å²) in [4.78, 5) is 4.14. The van der Waals surface area contributed by atoms with Crippen LogP contribution in [0.15, 0.2) is 45.9 Å². The fourth-order valence-corrected chi connectivity index (χ4v) is 2.98. The maximum atomic E-state index is 11.2. The number of guanidine groups is 1. The largest absolute Gasteiger partial charge is 0.356 e. The highest BCUT2D eigenvalue weighted by atomic mass is 127. The molecule has 0 bridgehead atoms. The van der Waals surface area contributed by atoms with Gasteiger partial charge in [0.2, 0.25) is 0 Å². The van der Waals surface area contributed by atoms with Crippen LogP contribution in [-0.2, 0) is 16.4 Å². The molecule has 26 heavy (non-hydrogen) atoms. The van der Waals surface area contributed by atoms with E-state index in [9.17, 15) is 8.42 Å². The lowest BCUT2D eigenvalue weighted by Gasteiger charge is -2.17. The van der Waals surface area contributed by atoms with Crippen LogP contribution in [0.3, 0.4) is 0 Å². The third kappa shape index (κ3) is 7.73. The summed E-state index contributed by atoms with van der Waals surface area (Å²) in [7, 11) is -1.30. The lowest BCUT2D eigenvalue weighted by Crippen LogP contribution is -2.42. The molecule has 0 aliphatic rings. The average molecular weight is 492 g/mol. The van der Waals surface area contributed by atoms with E-state index < -0.39 is 9.84 Å². The molecule has 0 fully saturated rings. The van der Waals surface area contributed by atoms with Gasteiger partial charge in [0.05, 0.1) is 12.3 Å². The molecule has 0 amide bonds. The van der Waals surface area contributed by atoms with Crippen molar-refractivity contribution in [2.45, 2.75) is 25.9 Å². The van der Waals surface area contributed by atoms with Crippen molar-refractivity contribution in [2.75, 3.05) is 19.1 Å². The summed E-state index contributed by atoms with van der Waals surface area (Å²) < 4.78 is 27.8. The molecule has 2 N–H and O–H groups in total. The van der Waals surface area contributed by atoms with E-state index in [0.717, 1.165) is 11.3 Å². The molecule has 2 aromatic rings. The first-order chi connectivity index (χ1) is 11.9. The van der Waals surface area contributed by atoms with Crippen LogP contribution in [-0.4, -0.2) is 44.6 Å². The number of aromatic nitrogens is 1. The number of halogens is 1. The molecule has 144 valence electrons. The lowest BCUT2D eigenvalue weighted by molar-refractivity contribution is 0.422. The molecular formula is C17H25IN4O3S. The molecule has 1 aromatic heterocycles. The third-order valence-corrected chi connectivity index (χ3v) is 4.56. The molecule has 0 aliphatic carbocycles. The van der Waals surface area contributed by atoms with Crippen LogP contribution < -0.4 is 10.6 Å². The van der Waals surface area contributed by atoms with E-state index in [1.165, 1.54) is 6.26 Å². The van der Waals surface area contributed by atoms with E-state index in [0.29, 0.717) is 24.7 Å². The Hall–Kier alpha value is -1.62. The Bertz CT molecular complexity index is 806. The van der Waals surface area contributed by atoms with Gasteiger partial charge in [0.1, 0.15) is 15.5 Å². The number of aliphatic imine (C=N–C) groups is 1. The standard InChI is InChI=1S/C17H24N4O3S.HI/c1-13(9-10-25(3,22)23)20-17(18-2)19-12-15-11-16(24-21-15)14-7-5-4-6-8-14;/h4-8,11,13H,9-10,12H2,1-3H3,(H2,18,19,20);1H. The summed E-state index contributed by atoms with van der Waals surface area (Å²) in [5.74, 6) is 1.44. The molecule has 0 saturated carbocycles. The van der Waals surface area contributed by atoms with Crippen LogP contribution >= 0.6 is 24.0 Å². The summed E-state index contributed by atoms with van der Waals surface area (Å²) in [6, 6.07) is 11.6. The summed E-state index contributed by atoms with van der Waals surface area (Å²) in [5.41, 5.74) is 1.73. The molecule has 1 atom stereocenters. The van der Waals surface area contributed by atoms with Gasteiger partial charge >= 0.3 is 0 Å². The minimum Gasteiger partial charge on any atom is -0.356 e. The molecule has 1 heterocycles. The molecule has 0 spiro atoms. The van der Waals surface area contributed by atoms with Gasteiger partial charge in [-0.25, -0.2) is 8.42 Å². The Morgan fingerprint density at radius 1 is 1.31 bits per heavy atom. The first-order valence-electron chi connectivity index (χ1n) is 8.03. The first kappa shape index (κ1) is 22.4. The van der Waals surface area contributed by atoms with Crippen LogP contribution in [0.25, 0.3) is 11.3 Å². The minimum absolute atomic E-state index is 0. The molecule has 9 heteroatoms. The number of benzene rings is 1. The van der Waals surface area contributed by atoms with Gasteiger partial charge in [0, 0.05) is 31.0 Å². The van der Waals surface area contributed by atoms with Gasteiger partial charge < -0.3 is 15.2 Å². The Balaban J connectivity index is 0.00000338. The molecule has 0 saturated heterocycles. The number of rotatable bonds is 7. The first-order valence-corrected chi connectivity index (χ1v) is 10.1. The van der Waals surface area contributed by atoms with Crippen LogP contribution in [0.5, 0.6) is 0 Å². The van der Waals surface area contributed by atoms with Crippen molar-refractivity contribution in [3.8, 4) is 11.3 Å². The van der Waals surface area contributed by atoms with Crippen molar-refractivity contribution in [1.82, 2.24) is 15.8 Å². The fourth-order valence-electron chi connectivity index (χ4n) is 2.20.